The Morgan fingerprint density at radius 2 is 2.05 bits per heavy atom. The van der Waals surface area contributed by atoms with Gasteiger partial charge in [0, 0.05) is 16.6 Å². The number of fused-ring (bicyclic) bond motifs is 1. The van der Waals surface area contributed by atoms with Crippen LogP contribution in [-0.2, 0) is 6.42 Å². The Morgan fingerprint density at radius 3 is 2.86 bits per heavy atom. The highest BCUT2D eigenvalue weighted by Crippen LogP contribution is 2.34. The van der Waals surface area contributed by atoms with Crippen LogP contribution in [0.15, 0.2) is 46.9 Å². The second-order valence-electron chi connectivity index (χ2n) is 5.74. The molecule has 0 radical (unpaired) electrons. The van der Waals surface area contributed by atoms with Crippen molar-refractivity contribution in [1.82, 2.24) is 5.32 Å². The van der Waals surface area contributed by atoms with E-state index in [0.29, 0.717) is 11.8 Å². The van der Waals surface area contributed by atoms with Crippen LogP contribution in [0.1, 0.15) is 48.5 Å². The molecule has 2 aromatic carbocycles. The lowest BCUT2D eigenvalue weighted by Gasteiger charge is -2.30. The molecule has 21 heavy (non-hydrogen) atoms. The molecule has 0 heterocycles. The van der Waals surface area contributed by atoms with Gasteiger partial charge in [-0.2, -0.15) is 0 Å². The average molecular weight is 346 g/mol. The van der Waals surface area contributed by atoms with Crippen molar-refractivity contribution in [2.45, 2.75) is 38.3 Å². The maximum Gasteiger partial charge on any atom is 0.115 e. The van der Waals surface area contributed by atoms with E-state index in [1.165, 1.54) is 23.1 Å². The lowest BCUT2D eigenvalue weighted by Crippen LogP contribution is -2.28. The van der Waals surface area contributed by atoms with Gasteiger partial charge in [-0.3, -0.25) is 0 Å². The molecule has 0 spiro atoms. The molecule has 3 rings (SSSR count). The summed E-state index contributed by atoms with van der Waals surface area (Å²) in [5.41, 5.74) is 3.88. The summed E-state index contributed by atoms with van der Waals surface area (Å²) in [6, 6.07) is 14.7. The van der Waals surface area contributed by atoms with Gasteiger partial charge in [-0.05, 0) is 61.1 Å². The molecule has 0 fully saturated rings. The molecule has 0 bridgehead atoms. The van der Waals surface area contributed by atoms with Gasteiger partial charge in [0.1, 0.15) is 5.75 Å². The number of aromatic hydroxyl groups is 1. The molecule has 0 saturated heterocycles. The lowest BCUT2D eigenvalue weighted by atomic mass is 9.87. The maximum absolute atomic E-state index is 9.77. The average Bonchev–Trinajstić information content (AvgIpc) is 2.48. The zero-order valence-corrected chi connectivity index (χ0v) is 13.7. The van der Waals surface area contributed by atoms with Crippen LogP contribution in [0.4, 0.5) is 0 Å². The molecule has 110 valence electrons. The Hall–Kier alpha value is -1.32. The van der Waals surface area contributed by atoms with E-state index >= 15 is 0 Å². The number of halogens is 1. The number of rotatable bonds is 3. The Bertz CT molecular complexity index is 641. The molecule has 1 aliphatic rings. The normalized spacial score (nSPS) is 19.0. The van der Waals surface area contributed by atoms with Crippen molar-refractivity contribution in [3.05, 3.63) is 63.6 Å². The number of phenols is 1. The van der Waals surface area contributed by atoms with Gasteiger partial charge in [0.05, 0.1) is 0 Å². The van der Waals surface area contributed by atoms with Crippen molar-refractivity contribution in [3.8, 4) is 5.75 Å². The van der Waals surface area contributed by atoms with Crippen LogP contribution in [0.2, 0.25) is 0 Å². The van der Waals surface area contributed by atoms with Crippen LogP contribution in [0, 0.1) is 0 Å². The van der Waals surface area contributed by atoms with Gasteiger partial charge < -0.3 is 10.4 Å². The number of nitrogens with one attached hydrogen (secondary N) is 1. The standard InChI is InChI=1S/C18H20BrNO/c1-12(15-6-2-3-7-17(15)19)20-18-8-4-5-13-9-10-14(21)11-16(13)18/h2-3,6-7,9-12,18,20-21H,4-5,8H2,1H3. The Morgan fingerprint density at radius 1 is 1.24 bits per heavy atom. The van der Waals surface area contributed by atoms with Crippen LogP contribution in [-0.4, -0.2) is 5.11 Å². The third-order valence-corrected chi connectivity index (χ3v) is 4.99. The van der Waals surface area contributed by atoms with Crippen LogP contribution in [0.5, 0.6) is 5.75 Å². The van der Waals surface area contributed by atoms with E-state index in [0.717, 1.165) is 17.3 Å². The van der Waals surface area contributed by atoms with Gasteiger partial charge in [0.15, 0.2) is 0 Å². The first-order valence-electron chi connectivity index (χ1n) is 7.47. The molecule has 2 nitrogen and oxygen atoms in total. The minimum atomic E-state index is 0.263. The first-order valence-corrected chi connectivity index (χ1v) is 8.26. The molecular formula is C18H20BrNO. The Balaban J connectivity index is 1.83. The second kappa shape index (κ2) is 6.20. The van der Waals surface area contributed by atoms with E-state index < -0.39 is 0 Å². The minimum Gasteiger partial charge on any atom is -0.508 e. The summed E-state index contributed by atoms with van der Waals surface area (Å²) in [6.45, 7) is 2.19. The van der Waals surface area contributed by atoms with Gasteiger partial charge in [-0.25, -0.2) is 0 Å². The fraction of sp³-hybridized carbons (Fsp3) is 0.333. The molecule has 0 saturated carbocycles. The summed E-state index contributed by atoms with van der Waals surface area (Å²) in [7, 11) is 0. The van der Waals surface area contributed by atoms with E-state index in [1.54, 1.807) is 6.07 Å². The van der Waals surface area contributed by atoms with Crippen LogP contribution < -0.4 is 5.32 Å². The molecule has 1 aliphatic carbocycles. The zero-order chi connectivity index (χ0) is 14.8. The van der Waals surface area contributed by atoms with Crippen molar-refractivity contribution in [3.63, 3.8) is 0 Å². The molecule has 2 N–H and O–H groups in total. The predicted octanol–water partition coefficient (Wildman–Crippen LogP) is 4.88. The summed E-state index contributed by atoms with van der Waals surface area (Å²) in [5.74, 6) is 0.357. The highest BCUT2D eigenvalue weighted by atomic mass is 79.9. The summed E-state index contributed by atoms with van der Waals surface area (Å²) >= 11 is 3.63. The van der Waals surface area contributed by atoms with E-state index in [9.17, 15) is 5.11 Å². The molecule has 0 aliphatic heterocycles. The summed E-state index contributed by atoms with van der Waals surface area (Å²) < 4.78 is 1.14. The van der Waals surface area contributed by atoms with Gasteiger partial charge in [0.25, 0.3) is 0 Å². The highest BCUT2D eigenvalue weighted by Gasteiger charge is 2.22. The molecule has 2 unspecified atom stereocenters. The van der Waals surface area contributed by atoms with Gasteiger partial charge in [0.2, 0.25) is 0 Å². The first-order chi connectivity index (χ1) is 10.1. The molecule has 0 amide bonds. The zero-order valence-electron chi connectivity index (χ0n) is 12.1. The number of phenolic OH excluding ortho intramolecular Hbond substituents is 1. The monoisotopic (exact) mass is 345 g/mol. The van der Waals surface area contributed by atoms with Crippen LogP contribution in [0.25, 0.3) is 0 Å². The minimum absolute atomic E-state index is 0.263. The smallest absolute Gasteiger partial charge is 0.115 e. The largest absolute Gasteiger partial charge is 0.508 e. The fourth-order valence-corrected chi connectivity index (χ4v) is 3.81. The van der Waals surface area contributed by atoms with Gasteiger partial charge >= 0.3 is 0 Å². The molecule has 0 aromatic heterocycles. The van der Waals surface area contributed by atoms with E-state index in [-0.39, 0.29) is 6.04 Å². The topological polar surface area (TPSA) is 32.3 Å². The number of hydrogen-bond acceptors (Lipinski definition) is 2. The molecule has 2 atom stereocenters. The SMILES string of the molecule is CC(NC1CCCc2ccc(O)cc21)c1ccccc1Br. The van der Waals surface area contributed by atoms with Crippen molar-refractivity contribution < 1.29 is 5.11 Å². The van der Waals surface area contributed by atoms with Crippen molar-refractivity contribution in [2.75, 3.05) is 0 Å². The summed E-state index contributed by atoms with van der Waals surface area (Å²) in [6.07, 6.45) is 3.42. The second-order valence-corrected chi connectivity index (χ2v) is 6.59. The number of benzene rings is 2. The maximum atomic E-state index is 9.77. The number of hydrogen-bond donors (Lipinski definition) is 2. The van der Waals surface area contributed by atoms with Crippen molar-refractivity contribution in [2.24, 2.45) is 0 Å². The quantitative estimate of drug-likeness (QED) is 0.830. The molecule has 3 heteroatoms. The molecular weight excluding hydrogens is 326 g/mol. The number of aryl methyl sites for hydroxylation is 1. The van der Waals surface area contributed by atoms with Gasteiger partial charge in [-0.15, -0.1) is 0 Å². The van der Waals surface area contributed by atoms with E-state index in [4.69, 9.17) is 0 Å². The van der Waals surface area contributed by atoms with E-state index in [1.807, 2.05) is 12.1 Å². The fourth-order valence-electron chi connectivity index (χ4n) is 3.18. The third kappa shape index (κ3) is 3.14. The summed E-state index contributed by atoms with van der Waals surface area (Å²) in [4.78, 5) is 0. The lowest BCUT2D eigenvalue weighted by molar-refractivity contribution is 0.410. The molecule has 2 aromatic rings. The highest BCUT2D eigenvalue weighted by molar-refractivity contribution is 9.10. The van der Waals surface area contributed by atoms with Gasteiger partial charge in [-0.1, -0.05) is 40.2 Å². The first kappa shape index (κ1) is 14.6. The van der Waals surface area contributed by atoms with Crippen molar-refractivity contribution >= 4 is 15.9 Å². The third-order valence-electron chi connectivity index (χ3n) is 4.27. The van der Waals surface area contributed by atoms with Crippen molar-refractivity contribution in [1.29, 1.82) is 0 Å². The Kier molecular flexibility index (Phi) is 4.32. The predicted molar refractivity (Wildman–Crippen MR) is 89.5 cm³/mol. The summed E-state index contributed by atoms with van der Waals surface area (Å²) in [5, 5.41) is 13.5. The van der Waals surface area contributed by atoms with E-state index in [2.05, 4.69) is 52.4 Å². The van der Waals surface area contributed by atoms with Crippen LogP contribution in [0.3, 0.4) is 0 Å². The Labute approximate surface area is 134 Å². The van der Waals surface area contributed by atoms with Crippen LogP contribution >= 0.6 is 15.9 Å².